The minimum atomic E-state index is -0.362. The monoisotopic (exact) mass is 310 g/mol. The van der Waals surface area contributed by atoms with E-state index in [0.29, 0.717) is 0 Å². The first-order valence-corrected chi connectivity index (χ1v) is 6.19. The average Bonchev–Trinajstić information content (AvgIpc) is 2.36. The third kappa shape index (κ3) is 3.97. The lowest BCUT2D eigenvalue weighted by molar-refractivity contribution is -0.121. The van der Waals surface area contributed by atoms with E-state index in [9.17, 15) is 4.79 Å². The molecule has 0 aliphatic heterocycles. The Morgan fingerprint density at radius 2 is 2.33 bits per heavy atom. The first-order chi connectivity index (χ1) is 8.58. The zero-order valence-corrected chi connectivity index (χ0v) is 11.9. The summed E-state index contributed by atoms with van der Waals surface area (Å²) in [6.45, 7) is 2.00. The summed E-state index contributed by atoms with van der Waals surface area (Å²) in [6, 6.07) is 5.15. The number of ether oxygens (including phenoxy) is 1. The molecule has 1 amide bonds. The van der Waals surface area contributed by atoms with Crippen LogP contribution in [0.5, 0.6) is 5.75 Å². The Morgan fingerprint density at radius 1 is 1.61 bits per heavy atom. The van der Waals surface area contributed by atoms with Gasteiger partial charge in [-0.05, 0) is 41.1 Å². The van der Waals surface area contributed by atoms with Crippen molar-refractivity contribution in [3.63, 3.8) is 0 Å². The Hall–Kier alpha value is -1.67. The quantitative estimate of drug-likeness (QED) is 0.818. The highest BCUT2D eigenvalue weighted by Gasteiger charge is 2.12. The maximum absolute atomic E-state index is 11.6. The average molecular weight is 311 g/mol. The molecule has 0 fully saturated rings. The summed E-state index contributed by atoms with van der Waals surface area (Å²) in [7, 11) is 1.60. The molecule has 1 rings (SSSR count). The molecule has 5 heteroatoms. The Balaban J connectivity index is 2.65. The molecular formula is C13H15BrN2O2. The number of rotatable bonds is 5. The van der Waals surface area contributed by atoms with E-state index in [4.69, 9.17) is 11.2 Å². The van der Waals surface area contributed by atoms with E-state index in [2.05, 4.69) is 32.5 Å². The summed E-state index contributed by atoms with van der Waals surface area (Å²) in [6.07, 6.45) is 5.08. The topological polar surface area (TPSA) is 50.4 Å². The summed E-state index contributed by atoms with van der Waals surface area (Å²) in [5.74, 6) is 2.96. The Kier molecular flexibility index (Phi) is 5.53. The van der Waals surface area contributed by atoms with Crippen LogP contribution in [0.1, 0.15) is 6.92 Å². The van der Waals surface area contributed by atoms with Gasteiger partial charge in [-0.1, -0.05) is 5.92 Å². The number of hydrogen-bond acceptors (Lipinski definition) is 3. The van der Waals surface area contributed by atoms with Gasteiger partial charge in [-0.15, -0.1) is 6.42 Å². The molecule has 1 aromatic rings. The van der Waals surface area contributed by atoms with Crippen LogP contribution in [0.3, 0.4) is 0 Å². The highest BCUT2D eigenvalue weighted by molar-refractivity contribution is 9.10. The van der Waals surface area contributed by atoms with Crippen molar-refractivity contribution in [2.45, 2.75) is 13.0 Å². The van der Waals surface area contributed by atoms with Crippen LogP contribution in [0.25, 0.3) is 0 Å². The maximum Gasteiger partial charge on any atom is 0.242 e. The molecule has 0 radical (unpaired) electrons. The number of methoxy groups -OCH3 is 1. The Morgan fingerprint density at radius 3 is 2.89 bits per heavy atom. The number of carbonyl (C=O) groups excluding carboxylic acids is 1. The van der Waals surface area contributed by atoms with Crippen LogP contribution < -0.4 is 15.4 Å². The second kappa shape index (κ2) is 6.92. The van der Waals surface area contributed by atoms with E-state index < -0.39 is 0 Å². The fraction of sp³-hybridized carbons (Fsp3) is 0.308. The van der Waals surface area contributed by atoms with Gasteiger partial charge in [0, 0.05) is 5.69 Å². The summed E-state index contributed by atoms with van der Waals surface area (Å²) in [4.78, 5) is 11.6. The summed E-state index contributed by atoms with van der Waals surface area (Å²) < 4.78 is 5.95. The molecular weight excluding hydrogens is 296 g/mol. The predicted octanol–water partition coefficient (Wildman–Crippen LogP) is 2.01. The molecule has 0 bridgehead atoms. The van der Waals surface area contributed by atoms with E-state index in [1.807, 2.05) is 18.2 Å². The van der Waals surface area contributed by atoms with Crippen LogP contribution in [0.2, 0.25) is 0 Å². The van der Waals surface area contributed by atoms with Crippen LogP contribution in [0.15, 0.2) is 22.7 Å². The maximum atomic E-state index is 11.6. The van der Waals surface area contributed by atoms with Gasteiger partial charge in [0.15, 0.2) is 0 Å². The van der Waals surface area contributed by atoms with E-state index in [0.717, 1.165) is 15.9 Å². The van der Waals surface area contributed by atoms with Gasteiger partial charge in [-0.2, -0.15) is 0 Å². The van der Waals surface area contributed by atoms with Gasteiger partial charge >= 0.3 is 0 Å². The van der Waals surface area contributed by atoms with Crippen molar-refractivity contribution in [2.24, 2.45) is 0 Å². The first kappa shape index (κ1) is 14.4. The van der Waals surface area contributed by atoms with E-state index >= 15 is 0 Å². The van der Waals surface area contributed by atoms with Crippen molar-refractivity contribution in [3.05, 3.63) is 22.7 Å². The molecule has 96 valence electrons. The molecule has 0 aliphatic rings. The number of nitrogens with one attached hydrogen (secondary N) is 2. The molecule has 0 saturated carbocycles. The fourth-order valence-electron chi connectivity index (χ4n) is 1.36. The predicted molar refractivity (Wildman–Crippen MR) is 75.6 cm³/mol. The summed E-state index contributed by atoms with van der Waals surface area (Å²) in [5, 5.41) is 5.69. The molecule has 18 heavy (non-hydrogen) atoms. The zero-order chi connectivity index (χ0) is 13.5. The normalized spacial score (nSPS) is 11.2. The number of amides is 1. The van der Waals surface area contributed by atoms with Crippen LogP contribution >= 0.6 is 15.9 Å². The van der Waals surface area contributed by atoms with Gasteiger partial charge in [-0.25, -0.2) is 0 Å². The molecule has 0 spiro atoms. The van der Waals surface area contributed by atoms with Gasteiger partial charge in [-0.3, -0.25) is 4.79 Å². The van der Waals surface area contributed by atoms with Crippen LogP contribution in [0.4, 0.5) is 5.69 Å². The van der Waals surface area contributed by atoms with Crippen LogP contribution in [-0.4, -0.2) is 25.6 Å². The zero-order valence-electron chi connectivity index (χ0n) is 10.3. The standard InChI is InChI=1S/C13H15BrN2O2/c1-4-7-15-13(17)9(2)16-10-5-6-12(18-3)11(14)8-10/h1,5-6,8-9,16H,7H2,2-3H3,(H,15,17). The van der Waals surface area contributed by atoms with Gasteiger partial charge in [0.1, 0.15) is 11.8 Å². The number of hydrogen-bond donors (Lipinski definition) is 2. The first-order valence-electron chi connectivity index (χ1n) is 5.39. The van der Waals surface area contributed by atoms with Crippen molar-refractivity contribution in [2.75, 3.05) is 19.0 Å². The van der Waals surface area contributed by atoms with E-state index in [-0.39, 0.29) is 18.5 Å². The van der Waals surface area contributed by atoms with Gasteiger partial charge < -0.3 is 15.4 Å². The van der Waals surface area contributed by atoms with Crippen molar-refractivity contribution < 1.29 is 9.53 Å². The van der Waals surface area contributed by atoms with E-state index in [1.165, 1.54) is 0 Å². The molecule has 1 aromatic carbocycles. The second-order valence-corrected chi connectivity index (χ2v) is 4.49. The van der Waals surface area contributed by atoms with Gasteiger partial charge in [0.05, 0.1) is 18.1 Å². The van der Waals surface area contributed by atoms with Crippen molar-refractivity contribution in [3.8, 4) is 18.1 Å². The third-order valence-corrected chi connectivity index (χ3v) is 2.91. The number of halogens is 1. The molecule has 2 N–H and O–H groups in total. The highest BCUT2D eigenvalue weighted by Crippen LogP contribution is 2.27. The van der Waals surface area contributed by atoms with Crippen molar-refractivity contribution in [1.82, 2.24) is 5.32 Å². The van der Waals surface area contributed by atoms with Crippen LogP contribution in [0, 0.1) is 12.3 Å². The summed E-state index contributed by atoms with van der Waals surface area (Å²) >= 11 is 3.38. The number of benzene rings is 1. The number of terminal acetylenes is 1. The molecule has 1 unspecified atom stereocenters. The van der Waals surface area contributed by atoms with Gasteiger partial charge in [0.2, 0.25) is 5.91 Å². The smallest absolute Gasteiger partial charge is 0.242 e. The lowest BCUT2D eigenvalue weighted by Gasteiger charge is -2.15. The fourth-order valence-corrected chi connectivity index (χ4v) is 1.90. The largest absolute Gasteiger partial charge is 0.496 e. The minimum absolute atomic E-state index is 0.139. The highest BCUT2D eigenvalue weighted by atomic mass is 79.9. The molecule has 4 nitrogen and oxygen atoms in total. The van der Waals surface area contributed by atoms with Gasteiger partial charge in [0.25, 0.3) is 0 Å². The van der Waals surface area contributed by atoms with E-state index in [1.54, 1.807) is 14.0 Å². The molecule has 0 aromatic heterocycles. The molecule has 0 aliphatic carbocycles. The van der Waals surface area contributed by atoms with Crippen LogP contribution in [-0.2, 0) is 4.79 Å². The molecule has 1 atom stereocenters. The Labute approximate surface area is 115 Å². The number of carbonyl (C=O) groups is 1. The lowest BCUT2D eigenvalue weighted by Crippen LogP contribution is -2.37. The second-order valence-electron chi connectivity index (χ2n) is 3.64. The minimum Gasteiger partial charge on any atom is -0.496 e. The van der Waals surface area contributed by atoms with Crippen molar-refractivity contribution in [1.29, 1.82) is 0 Å². The third-order valence-electron chi connectivity index (χ3n) is 2.29. The number of anilines is 1. The Bertz CT molecular complexity index is 469. The van der Waals surface area contributed by atoms with Crippen molar-refractivity contribution >= 4 is 27.5 Å². The molecule has 0 heterocycles. The summed E-state index contributed by atoms with van der Waals surface area (Å²) in [5.41, 5.74) is 0.825. The lowest BCUT2D eigenvalue weighted by atomic mass is 10.2. The molecule has 0 saturated heterocycles. The SMILES string of the molecule is C#CCNC(=O)C(C)Nc1ccc(OC)c(Br)c1.